The van der Waals surface area contributed by atoms with E-state index < -0.39 is 17.2 Å². The minimum Gasteiger partial charge on any atom is -0.342 e. The molecule has 6 heteroatoms. The first-order valence-electron chi connectivity index (χ1n) is 12.1. The van der Waals surface area contributed by atoms with Crippen LogP contribution in [0.3, 0.4) is 0 Å². The van der Waals surface area contributed by atoms with Crippen molar-refractivity contribution in [3.63, 3.8) is 0 Å². The molecule has 1 aliphatic rings. The highest BCUT2D eigenvalue weighted by molar-refractivity contribution is 5.83. The Morgan fingerprint density at radius 1 is 0.886 bits per heavy atom. The fourth-order valence-corrected chi connectivity index (χ4v) is 4.84. The second kappa shape index (κ2) is 11.0. The van der Waals surface area contributed by atoms with Gasteiger partial charge in [0.2, 0.25) is 5.91 Å². The van der Waals surface area contributed by atoms with E-state index in [9.17, 15) is 18.0 Å². The van der Waals surface area contributed by atoms with Gasteiger partial charge in [-0.3, -0.25) is 4.79 Å². The number of piperidine rings is 1. The SMILES string of the molecule is C=O.CC(C(=O)N1CCC(C(C)(C)c2cccc(C(F)(F)F)c2)CC1)c1ccc(C(C)(C)C)cc1. The van der Waals surface area contributed by atoms with Gasteiger partial charge in [-0.1, -0.05) is 77.1 Å². The number of carbonyl (C=O) groups excluding carboxylic acids is 2. The zero-order valence-corrected chi connectivity index (χ0v) is 21.7. The Balaban J connectivity index is 0.00000210. The first-order chi connectivity index (χ1) is 16.2. The van der Waals surface area contributed by atoms with Gasteiger partial charge in [0.1, 0.15) is 6.79 Å². The third-order valence-electron chi connectivity index (χ3n) is 7.41. The third kappa shape index (κ3) is 6.74. The Labute approximate surface area is 207 Å². The van der Waals surface area contributed by atoms with Gasteiger partial charge in [0.15, 0.2) is 0 Å². The molecule has 1 aliphatic heterocycles. The second-order valence-electron chi connectivity index (χ2n) is 11.0. The molecule has 1 saturated heterocycles. The molecule has 1 fully saturated rings. The van der Waals surface area contributed by atoms with Gasteiger partial charge in [0.05, 0.1) is 11.5 Å². The molecule has 0 saturated carbocycles. The Morgan fingerprint density at radius 3 is 1.89 bits per heavy atom. The van der Waals surface area contributed by atoms with E-state index in [4.69, 9.17) is 4.79 Å². The van der Waals surface area contributed by atoms with Gasteiger partial charge in [0, 0.05) is 13.1 Å². The van der Waals surface area contributed by atoms with Gasteiger partial charge in [0.25, 0.3) is 0 Å². The van der Waals surface area contributed by atoms with E-state index in [1.807, 2.05) is 44.6 Å². The number of hydrogen-bond donors (Lipinski definition) is 0. The predicted molar refractivity (Wildman–Crippen MR) is 134 cm³/mol. The third-order valence-corrected chi connectivity index (χ3v) is 7.41. The molecule has 2 aromatic carbocycles. The summed E-state index contributed by atoms with van der Waals surface area (Å²) in [4.78, 5) is 23.1. The zero-order chi connectivity index (χ0) is 26.6. The smallest absolute Gasteiger partial charge is 0.342 e. The van der Waals surface area contributed by atoms with Gasteiger partial charge >= 0.3 is 6.18 Å². The molecule has 0 radical (unpaired) electrons. The summed E-state index contributed by atoms with van der Waals surface area (Å²) in [7, 11) is 0. The lowest BCUT2D eigenvalue weighted by atomic mass is 9.69. The molecular weight excluding hydrogens is 451 g/mol. The number of alkyl halides is 3. The maximum atomic E-state index is 13.2. The van der Waals surface area contributed by atoms with Gasteiger partial charge in [-0.25, -0.2) is 0 Å². The van der Waals surface area contributed by atoms with Crippen molar-refractivity contribution in [1.82, 2.24) is 4.90 Å². The summed E-state index contributed by atoms with van der Waals surface area (Å²) < 4.78 is 39.6. The number of likely N-dealkylation sites (tertiary alicyclic amines) is 1. The molecule has 3 rings (SSSR count). The minimum atomic E-state index is -4.34. The Morgan fingerprint density at radius 2 is 1.40 bits per heavy atom. The van der Waals surface area contributed by atoms with Crippen molar-refractivity contribution in [3.05, 3.63) is 70.8 Å². The molecule has 0 N–H and O–H groups in total. The molecular formula is C29H38F3NO2. The number of nitrogens with zero attached hydrogens (tertiary/aromatic N) is 1. The summed E-state index contributed by atoms with van der Waals surface area (Å²) in [5, 5.41) is 0. The maximum Gasteiger partial charge on any atom is 0.416 e. The van der Waals surface area contributed by atoms with Crippen LogP contribution in [0.2, 0.25) is 0 Å². The summed E-state index contributed by atoms with van der Waals surface area (Å²) in [6.45, 7) is 15.8. The van der Waals surface area contributed by atoms with Crippen molar-refractivity contribution in [2.45, 2.75) is 77.3 Å². The monoisotopic (exact) mass is 489 g/mol. The van der Waals surface area contributed by atoms with E-state index in [0.29, 0.717) is 18.7 Å². The summed E-state index contributed by atoms with van der Waals surface area (Å²) >= 11 is 0. The molecule has 0 bridgehead atoms. The van der Waals surface area contributed by atoms with Gasteiger partial charge in [-0.05, 0) is 59.3 Å². The van der Waals surface area contributed by atoms with Crippen LogP contribution in [0, 0.1) is 5.92 Å². The number of carbonyl (C=O) groups is 2. The molecule has 0 spiro atoms. The number of hydrogen-bond acceptors (Lipinski definition) is 2. The van der Waals surface area contributed by atoms with Crippen molar-refractivity contribution in [1.29, 1.82) is 0 Å². The van der Waals surface area contributed by atoms with E-state index in [1.54, 1.807) is 6.07 Å². The fraction of sp³-hybridized carbons (Fsp3) is 0.517. The second-order valence-corrected chi connectivity index (χ2v) is 11.0. The first-order valence-corrected chi connectivity index (χ1v) is 12.1. The van der Waals surface area contributed by atoms with Crippen LogP contribution < -0.4 is 0 Å². The van der Waals surface area contributed by atoms with E-state index >= 15 is 0 Å². The Bertz CT molecular complexity index is 982. The summed E-state index contributed by atoms with van der Waals surface area (Å²) in [6, 6.07) is 14.0. The van der Waals surface area contributed by atoms with Crippen LogP contribution in [0.15, 0.2) is 48.5 Å². The topological polar surface area (TPSA) is 37.4 Å². The average molecular weight is 490 g/mol. The molecule has 1 atom stereocenters. The zero-order valence-electron chi connectivity index (χ0n) is 21.7. The van der Waals surface area contributed by atoms with E-state index in [-0.39, 0.29) is 23.2 Å². The first kappa shape index (κ1) is 28.6. The molecule has 3 nitrogen and oxygen atoms in total. The molecule has 1 amide bonds. The molecule has 1 unspecified atom stereocenters. The lowest BCUT2D eigenvalue weighted by molar-refractivity contribution is -0.138. The van der Waals surface area contributed by atoms with Crippen molar-refractivity contribution in [2.24, 2.45) is 5.92 Å². The van der Waals surface area contributed by atoms with E-state index in [2.05, 4.69) is 32.9 Å². The number of benzene rings is 2. The molecule has 35 heavy (non-hydrogen) atoms. The van der Waals surface area contributed by atoms with Crippen molar-refractivity contribution in [3.8, 4) is 0 Å². The van der Waals surface area contributed by atoms with Gasteiger partial charge < -0.3 is 9.69 Å². The van der Waals surface area contributed by atoms with Crippen molar-refractivity contribution < 1.29 is 22.8 Å². The molecule has 192 valence electrons. The number of rotatable bonds is 4. The van der Waals surface area contributed by atoms with Crippen LogP contribution in [-0.2, 0) is 26.6 Å². The largest absolute Gasteiger partial charge is 0.416 e. The van der Waals surface area contributed by atoms with E-state index in [1.165, 1.54) is 17.7 Å². The fourth-order valence-electron chi connectivity index (χ4n) is 4.84. The summed E-state index contributed by atoms with van der Waals surface area (Å²) in [6.07, 6.45) is -2.78. The Hall–Kier alpha value is -2.63. The van der Waals surface area contributed by atoms with Crippen LogP contribution in [-0.4, -0.2) is 30.7 Å². The standard InChI is InChI=1S/C28H36F3NO.CH2O/c1-19(20-10-12-21(13-11-20)26(2,3)4)25(33)32-16-14-22(15-17-32)27(5,6)23-8-7-9-24(18-23)28(29,30)31;1-2/h7-13,18-19,22H,14-17H2,1-6H3;1H2. The maximum absolute atomic E-state index is 13.2. The van der Waals surface area contributed by atoms with Crippen molar-refractivity contribution >= 4 is 12.7 Å². The van der Waals surface area contributed by atoms with Gasteiger partial charge in [-0.2, -0.15) is 13.2 Å². The molecule has 0 aliphatic carbocycles. The van der Waals surface area contributed by atoms with E-state index in [0.717, 1.165) is 24.5 Å². The lowest BCUT2D eigenvalue weighted by Crippen LogP contribution is -2.44. The van der Waals surface area contributed by atoms with Crippen molar-refractivity contribution in [2.75, 3.05) is 13.1 Å². The number of halogens is 3. The molecule has 1 heterocycles. The van der Waals surface area contributed by atoms with Crippen LogP contribution in [0.25, 0.3) is 0 Å². The quantitative estimate of drug-likeness (QED) is 0.458. The summed E-state index contributed by atoms with van der Waals surface area (Å²) in [5.41, 5.74) is 2.02. The number of amides is 1. The Kier molecular flexibility index (Phi) is 8.96. The van der Waals surface area contributed by atoms with Gasteiger partial charge in [-0.15, -0.1) is 0 Å². The van der Waals surface area contributed by atoms with Crippen LogP contribution >= 0.6 is 0 Å². The van der Waals surface area contributed by atoms with Crippen LogP contribution in [0.5, 0.6) is 0 Å². The summed E-state index contributed by atoms with van der Waals surface area (Å²) in [5.74, 6) is 0.118. The van der Waals surface area contributed by atoms with Crippen LogP contribution in [0.4, 0.5) is 13.2 Å². The normalized spacial score (nSPS) is 16.3. The average Bonchev–Trinajstić information content (AvgIpc) is 2.83. The van der Waals surface area contributed by atoms with Crippen LogP contribution in [0.1, 0.15) is 82.6 Å². The highest BCUT2D eigenvalue weighted by atomic mass is 19.4. The lowest BCUT2D eigenvalue weighted by Gasteiger charge is -2.42. The molecule has 2 aromatic rings. The highest BCUT2D eigenvalue weighted by Gasteiger charge is 2.38. The predicted octanol–water partition coefficient (Wildman–Crippen LogP) is 7.14. The minimum absolute atomic E-state index is 0.0695. The highest BCUT2D eigenvalue weighted by Crippen LogP contribution is 2.40. The molecule has 0 aromatic heterocycles.